The van der Waals surface area contributed by atoms with Crippen LogP contribution in [0.3, 0.4) is 0 Å². The van der Waals surface area contributed by atoms with Gasteiger partial charge in [0, 0.05) is 30.9 Å². The highest BCUT2D eigenvalue weighted by Crippen LogP contribution is 2.37. The van der Waals surface area contributed by atoms with Crippen molar-refractivity contribution in [2.45, 2.75) is 12.8 Å². The first kappa shape index (κ1) is 19.0. The Bertz CT molecular complexity index is 845. The smallest absolute Gasteiger partial charge is 0.162 e. The molecule has 1 aliphatic heterocycles. The predicted molar refractivity (Wildman–Crippen MR) is 110 cm³/mol. The lowest BCUT2D eigenvalue weighted by molar-refractivity contribution is 0.354. The number of nitrogens with zero attached hydrogens (tertiary/aromatic N) is 1. The summed E-state index contributed by atoms with van der Waals surface area (Å²) in [6, 6.07) is 8.17. The van der Waals surface area contributed by atoms with Gasteiger partial charge in [-0.15, -0.1) is 0 Å². The largest absolute Gasteiger partial charge is 0.493 e. The van der Waals surface area contributed by atoms with E-state index in [4.69, 9.17) is 18.9 Å². The standard InChI is InChI=1S/C22H27NO4/c1-23-10-6-7-15-11-19(24-2)20(25-3)12-16(15)8-9-17-13-21(26-4)22(27-5)14-18(17)23/h8-9,11-14H,6-7,10H2,1-5H3/b9-8+. The molecule has 1 aliphatic rings. The van der Waals surface area contributed by atoms with Crippen LogP contribution in [0.5, 0.6) is 23.0 Å². The highest BCUT2D eigenvalue weighted by Gasteiger charge is 2.16. The highest BCUT2D eigenvalue weighted by molar-refractivity contribution is 5.81. The van der Waals surface area contributed by atoms with Crippen LogP contribution in [0, 0.1) is 0 Å². The molecule has 0 atom stereocenters. The van der Waals surface area contributed by atoms with Gasteiger partial charge in [0.05, 0.1) is 28.4 Å². The predicted octanol–water partition coefficient (Wildman–Crippen LogP) is 4.27. The second kappa shape index (κ2) is 8.25. The van der Waals surface area contributed by atoms with E-state index in [1.165, 1.54) is 5.56 Å². The fraction of sp³-hybridized carbons (Fsp3) is 0.364. The molecule has 0 saturated carbocycles. The van der Waals surface area contributed by atoms with Gasteiger partial charge in [0.25, 0.3) is 0 Å². The molecular formula is C22H27NO4. The van der Waals surface area contributed by atoms with Crippen molar-refractivity contribution in [1.29, 1.82) is 0 Å². The van der Waals surface area contributed by atoms with Gasteiger partial charge >= 0.3 is 0 Å². The van der Waals surface area contributed by atoms with Gasteiger partial charge in [-0.2, -0.15) is 0 Å². The summed E-state index contributed by atoms with van der Waals surface area (Å²) in [7, 11) is 8.76. The van der Waals surface area contributed by atoms with Crippen LogP contribution in [0.2, 0.25) is 0 Å². The van der Waals surface area contributed by atoms with Crippen molar-refractivity contribution in [2.75, 3.05) is 46.9 Å². The molecule has 5 heteroatoms. The van der Waals surface area contributed by atoms with E-state index in [0.717, 1.165) is 59.2 Å². The summed E-state index contributed by atoms with van der Waals surface area (Å²) < 4.78 is 21.9. The molecule has 0 aromatic heterocycles. The normalized spacial score (nSPS) is 14.6. The molecule has 144 valence electrons. The number of ether oxygens (including phenoxy) is 4. The molecule has 0 unspecified atom stereocenters. The monoisotopic (exact) mass is 369 g/mol. The minimum atomic E-state index is 0.721. The van der Waals surface area contributed by atoms with Crippen LogP contribution >= 0.6 is 0 Å². The summed E-state index contributed by atoms with van der Waals surface area (Å²) in [5, 5.41) is 0. The summed E-state index contributed by atoms with van der Waals surface area (Å²) in [5.74, 6) is 2.96. The topological polar surface area (TPSA) is 40.2 Å². The molecule has 0 amide bonds. The second-order valence-electron chi connectivity index (χ2n) is 6.53. The number of anilines is 1. The summed E-state index contributed by atoms with van der Waals surface area (Å²) in [4.78, 5) is 2.26. The highest BCUT2D eigenvalue weighted by atomic mass is 16.5. The van der Waals surface area contributed by atoms with E-state index >= 15 is 0 Å². The van der Waals surface area contributed by atoms with Gasteiger partial charge in [-0.1, -0.05) is 12.2 Å². The molecule has 1 heterocycles. The number of fused-ring (bicyclic) bond motifs is 2. The fourth-order valence-corrected chi connectivity index (χ4v) is 3.46. The Morgan fingerprint density at radius 2 is 1.22 bits per heavy atom. The Balaban J connectivity index is 2.13. The zero-order valence-corrected chi connectivity index (χ0v) is 16.7. The Morgan fingerprint density at radius 3 is 1.85 bits per heavy atom. The van der Waals surface area contributed by atoms with E-state index in [1.807, 2.05) is 18.2 Å². The van der Waals surface area contributed by atoms with Gasteiger partial charge in [0.2, 0.25) is 0 Å². The number of methoxy groups -OCH3 is 4. The summed E-state index contributed by atoms with van der Waals surface area (Å²) in [5.41, 5.74) is 4.59. The van der Waals surface area contributed by atoms with Gasteiger partial charge in [-0.3, -0.25) is 0 Å². The Kier molecular flexibility index (Phi) is 5.79. The average molecular weight is 369 g/mol. The van der Waals surface area contributed by atoms with Crippen molar-refractivity contribution >= 4 is 17.8 Å². The molecule has 2 aromatic carbocycles. The molecule has 3 rings (SSSR count). The SMILES string of the molecule is COc1cc2c(cc1OC)CCCN(C)c1cc(OC)c(OC)cc1/C=C/2. The van der Waals surface area contributed by atoms with Crippen molar-refractivity contribution in [1.82, 2.24) is 0 Å². The molecule has 0 radical (unpaired) electrons. The summed E-state index contributed by atoms with van der Waals surface area (Å²) >= 11 is 0. The maximum Gasteiger partial charge on any atom is 0.162 e. The molecule has 2 aromatic rings. The van der Waals surface area contributed by atoms with Crippen LogP contribution in [-0.2, 0) is 6.42 Å². The Labute approximate surface area is 161 Å². The molecule has 0 fully saturated rings. The molecule has 5 nitrogen and oxygen atoms in total. The van der Waals surface area contributed by atoms with Crippen LogP contribution in [0.1, 0.15) is 23.1 Å². The number of rotatable bonds is 4. The third kappa shape index (κ3) is 3.82. The molecule has 0 saturated heterocycles. The van der Waals surface area contributed by atoms with Crippen molar-refractivity contribution in [3.63, 3.8) is 0 Å². The molecule has 0 N–H and O–H groups in total. The van der Waals surface area contributed by atoms with E-state index < -0.39 is 0 Å². The van der Waals surface area contributed by atoms with Crippen LogP contribution < -0.4 is 23.8 Å². The maximum absolute atomic E-state index is 5.49. The van der Waals surface area contributed by atoms with Crippen molar-refractivity contribution in [3.05, 3.63) is 41.0 Å². The molecule has 0 aliphatic carbocycles. The van der Waals surface area contributed by atoms with Gasteiger partial charge in [-0.05, 0) is 42.2 Å². The number of hydrogen-bond acceptors (Lipinski definition) is 5. The minimum Gasteiger partial charge on any atom is -0.493 e. The Morgan fingerprint density at radius 1 is 0.704 bits per heavy atom. The number of hydrogen-bond donors (Lipinski definition) is 0. The first-order chi connectivity index (χ1) is 13.1. The van der Waals surface area contributed by atoms with Crippen LogP contribution in [0.4, 0.5) is 5.69 Å². The quantitative estimate of drug-likeness (QED) is 0.805. The zero-order chi connectivity index (χ0) is 19.4. The van der Waals surface area contributed by atoms with Gasteiger partial charge in [0.1, 0.15) is 0 Å². The van der Waals surface area contributed by atoms with Crippen molar-refractivity contribution in [3.8, 4) is 23.0 Å². The van der Waals surface area contributed by atoms with Crippen LogP contribution in [0.25, 0.3) is 12.2 Å². The van der Waals surface area contributed by atoms with E-state index in [1.54, 1.807) is 28.4 Å². The second-order valence-corrected chi connectivity index (χ2v) is 6.53. The summed E-state index contributed by atoms with van der Waals surface area (Å²) in [6.45, 7) is 0.935. The lowest BCUT2D eigenvalue weighted by atomic mass is 9.98. The molecule has 27 heavy (non-hydrogen) atoms. The van der Waals surface area contributed by atoms with Gasteiger partial charge in [-0.25, -0.2) is 0 Å². The fourth-order valence-electron chi connectivity index (χ4n) is 3.46. The lowest BCUT2D eigenvalue weighted by Gasteiger charge is -2.24. The van der Waals surface area contributed by atoms with Crippen molar-refractivity contribution in [2.24, 2.45) is 0 Å². The maximum atomic E-state index is 5.49. The zero-order valence-electron chi connectivity index (χ0n) is 16.7. The minimum absolute atomic E-state index is 0.721. The van der Waals surface area contributed by atoms with Crippen LogP contribution in [-0.4, -0.2) is 42.0 Å². The van der Waals surface area contributed by atoms with E-state index in [0.29, 0.717) is 0 Å². The first-order valence-electron chi connectivity index (χ1n) is 9.01. The van der Waals surface area contributed by atoms with E-state index in [-0.39, 0.29) is 0 Å². The van der Waals surface area contributed by atoms with Crippen LogP contribution in [0.15, 0.2) is 24.3 Å². The first-order valence-corrected chi connectivity index (χ1v) is 9.01. The van der Waals surface area contributed by atoms with Gasteiger partial charge in [0.15, 0.2) is 23.0 Å². The average Bonchev–Trinajstić information content (AvgIpc) is 2.70. The summed E-state index contributed by atoms with van der Waals surface area (Å²) in [6.07, 6.45) is 6.23. The number of benzene rings is 2. The molecule has 0 spiro atoms. The molecule has 0 bridgehead atoms. The van der Waals surface area contributed by atoms with Crippen molar-refractivity contribution < 1.29 is 18.9 Å². The third-order valence-electron chi connectivity index (χ3n) is 4.97. The van der Waals surface area contributed by atoms with E-state index in [9.17, 15) is 0 Å². The Hall–Kier alpha value is -2.82. The molecular weight excluding hydrogens is 342 g/mol. The van der Waals surface area contributed by atoms with Gasteiger partial charge < -0.3 is 23.8 Å². The lowest BCUT2D eigenvalue weighted by Crippen LogP contribution is -2.20. The third-order valence-corrected chi connectivity index (χ3v) is 4.97. The number of aryl methyl sites for hydroxylation is 1. The van der Waals surface area contributed by atoms with E-state index in [2.05, 4.69) is 30.2 Å².